The molecule has 4 nitrogen and oxygen atoms in total. The number of carbonyl (C=O) groups excluding carboxylic acids is 1. The Hall–Kier alpha value is -1.67. The predicted octanol–water partition coefficient (Wildman–Crippen LogP) is 4.54. The summed E-state index contributed by atoms with van der Waals surface area (Å²) in [5, 5.41) is 0.617. The van der Waals surface area contributed by atoms with Crippen molar-refractivity contribution >= 4 is 56.8 Å². The number of nitrogens with zero attached hydrogens (tertiary/aromatic N) is 3. The van der Waals surface area contributed by atoms with Gasteiger partial charge in [0.2, 0.25) is 5.91 Å². The normalized spacial score (nSPS) is 10.8. The van der Waals surface area contributed by atoms with Crippen molar-refractivity contribution in [2.45, 2.75) is 4.90 Å². The molecule has 0 aliphatic rings. The first-order valence-corrected chi connectivity index (χ1v) is 10.0. The number of benzene rings is 2. The molecule has 0 aliphatic heterocycles. The van der Waals surface area contributed by atoms with Gasteiger partial charge in [0.25, 0.3) is 0 Å². The summed E-state index contributed by atoms with van der Waals surface area (Å²) in [7, 11) is 3.93. The Labute approximate surface area is 172 Å². The number of rotatable bonds is 7. The molecule has 3 rings (SSSR count). The average Bonchev–Trinajstić information content (AvgIpc) is 3.03. The van der Waals surface area contributed by atoms with Gasteiger partial charge in [-0.2, -0.15) is 0 Å². The number of aromatic nitrogens is 1. The number of thioether (sulfide) groups is 1. The Bertz CT molecular complexity index is 889. The maximum Gasteiger partial charge on any atom is 0.239 e. The lowest BCUT2D eigenvalue weighted by molar-refractivity contribution is -0.116. The van der Waals surface area contributed by atoms with Gasteiger partial charge in [-0.25, -0.2) is 9.37 Å². The van der Waals surface area contributed by atoms with Crippen LogP contribution < -0.4 is 4.90 Å². The number of thiazole rings is 1. The summed E-state index contributed by atoms with van der Waals surface area (Å²) in [6, 6.07) is 14.4. The molecule has 3 aromatic rings. The topological polar surface area (TPSA) is 36.4 Å². The second kappa shape index (κ2) is 10.0. The molecule has 1 heterocycles. The van der Waals surface area contributed by atoms with E-state index in [1.54, 1.807) is 11.0 Å². The summed E-state index contributed by atoms with van der Waals surface area (Å²) < 4.78 is 14.2. The summed E-state index contributed by atoms with van der Waals surface area (Å²) in [5.74, 6) is 0.0422. The standard InChI is InChI=1S/C19H20FN3OS2.ClH/c1-22(2)10-11-23(18(24)13-25-15-6-4-3-5-7-15)19-21-16-9-8-14(20)12-17(16)26-19;/h3-9,12H,10-11,13H2,1-2H3;1H. The number of likely N-dealkylation sites (N-methyl/N-ethyl adjacent to an activating group) is 1. The van der Waals surface area contributed by atoms with Crippen LogP contribution >= 0.6 is 35.5 Å². The Morgan fingerprint density at radius 3 is 2.59 bits per heavy atom. The second-order valence-corrected chi connectivity index (χ2v) is 8.12. The number of hydrogen-bond acceptors (Lipinski definition) is 5. The Balaban J connectivity index is 0.00000261. The van der Waals surface area contributed by atoms with Crippen molar-refractivity contribution < 1.29 is 9.18 Å². The first-order valence-electron chi connectivity index (χ1n) is 8.22. The maximum atomic E-state index is 13.5. The largest absolute Gasteiger partial charge is 0.308 e. The SMILES string of the molecule is CN(C)CCN(C(=O)CSc1ccccc1)c1nc2ccc(F)cc2s1.Cl. The first-order chi connectivity index (χ1) is 12.5. The molecule has 0 atom stereocenters. The molecule has 0 saturated heterocycles. The zero-order chi connectivity index (χ0) is 18.5. The van der Waals surface area contributed by atoms with Gasteiger partial charge in [-0.15, -0.1) is 24.2 Å². The van der Waals surface area contributed by atoms with Crippen molar-refractivity contribution in [2.75, 3.05) is 37.8 Å². The van der Waals surface area contributed by atoms with Crippen LogP contribution in [0.2, 0.25) is 0 Å². The smallest absolute Gasteiger partial charge is 0.239 e. The van der Waals surface area contributed by atoms with E-state index in [4.69, 9.17) is 0 Å². The highest BCUT2D eigenvalue weighted by molar-refractivity contribution is 8.00. The number of amides is 1. The number of halogens is 2. The van der Waals surface area contributed by atoms with Crippen LogP contribution in [0.3, 0.4) is 0 Å². The van der Waals surface area contributed by atoms with Gasteiger partial charge in [0.15, 0.2) is 5.13 Å². The zero-order valence-corrected chi connectivity index (χ0v) is 17.5. The minimum Gasteiger partial charge on any atom is -0.308 e. The van der Waals surface area contributed by atoms with E-state index < -0.39 is 0 Å². The van der Waals surface area contributed by atoms with E-state index in [1.807, 2.05) is 49.3 Å². The quantitative estimate of drug-likeness (QED) is 0.520. The highest BCUT2D eigenvalue weighted by Crippen LogP contribution is 2.30. The van der Waals surface area contributed by atoms with Crippen LogP contribution in [0, 0.1) is 5.82 Å². The van der Waals surface area contributed by atoms with Crippen LogP contribution in [0.4, 0.5) is 9.52 Å². The van der Waals surface area contributed by atoms with Crippen molar-refractivity contribution in [2.24, 2.45) is 0 Å². The molecule has 0 bridgehead atoms. The number of anilines is 1. The van der Waals surface area contributed by atoms with E-state index in [9.17, 15) is 9.18 Å². The van der Waals surface area contributed by atoms with Crippen molar-refractivity contribution in [3.63, 3.8) is 0 Å². The van der Waals surface area contributed by atoms with Crippen molar-refractivity contribution in [1.29, 1.82) is 0 Å². The molecule has 0 N–H and O–H groups in total. The monoisotopic (exact) mass is 425 g/mol. The fourth-order valence-corrected chi connectivity index (χ4v) is 4.20. The van der Waals surface area contributed by atoms with E-state index in [0.717, 1.165) is 16.1 Å². The summed E-state index contributed by atoms with van der Waals surface area (Å²) in [5.41, 5.74) is 0.713. The lowest BCUT2D eigenvalue weighted by Gasteiger charge is -2.21. The number of hydrogen-bond donors (Lipinski definition) is 0. The molecule has 8 heteroatoms. The van der Waals surface area contributed by atoms with Crippen molar-refractivity contribution in [1.82, 2.24) is 9.88 Å². The molecule has 0 fully saturated rings. The number of fused-ring (bicyclic) bond motifs is 1. The molecule has 1 amide bonds. The molecule has 0 unspecified atom stereocenters. The van der Waals surface area contributed by atoms with Gasteiger partial charge in [-0.3, -0.25) is 9.69 Å². The molecular weight excluding hydrogens is 405 g/mol. The molecule has 0 spiro atoms. The summed E-state index contributed by atoms with van der Waals surface area (Å²) in [4.78, 5) is 22.2. The van der Waals surface area contributed by atoms with E-state index in [2.05, 4.69) is 4.98 Å². The number of carbonyl (C=O) groups is 1. The van der Waals surface area contributed by atoms with Crippen LogP contribution in [0.25, 0.3) is 10.2 Å². The predicted molar refractivity (Wildman–Crippen MR) is 115 cm³/mol. The average molecular weight is 426 g/mol. The molecule has 0 saturated carbocycles. The molecule has 27 heavy (non-hydrogen) atoms. The minimum atomic E-state index is -0.293. The van der Waals surface area contributed by atoms with Gasteiger partial charge in [-0.1, -0.05) is 29.5 Å². The van der Waals surface area contributed by atoms with Crippen molar-refractivity contribution in [3.8, 4) is 0 Å². The zero-order valence-electron chi connectivity index (χ0n) is 15.1. The summed E-state index contributed by atoms with van der Waals surface area (Å²) in [6.45, 7) is 1.27. The second-order valence-electron chi connectivity index (χ2n) is 6.06. The lowest BCUT2D eigenvalue weighted by Crippen LogP contribution is -2.37. The lowest BCUT2D eigenvalue weighted by atomic mass is 10.3. The van der Waals surface area contributed by atoms with Crippen molar-refractivity contribution in [3.05, 3.63) is 54.3 Å². The van der Waals surface area contributed by atoms with E-state index in [-0.39, 0.29) is 24.1 Å². The fourth-order valence-electron chi connectivity index (χ4n) is 2.37. The van der Waals surface area contributed by atoms with Crippen LogP contribution in [-0.2, 0) is 4.79 Å². The highest BCUT2D eigenvalue weighted by atomic mass is 35.5. The minimum absolute atomic E-state index is 0. The van der Waals surface area contributed by atoms with Gasteiger partial charge in [0.1, 0.15) is 5.82 Å². The van der Waals surface area contributed by atoms with E-state index >= 15 is 0 Å². The van der Waals surface area contributed by atoms with Gasteiger partial charge in [0, 0.05) is 18.0 Å². The fraction of sp³-hybridized carbons (Fsp3) is 0.263. The molecule has 0 radical (unpaired) electrons. The highest BCUT2D eigenvalue weighted by Gasteiger charge is 2.20. The van der Waals surface area contributed by atoms with Crippen LogP contribution in [-0.4, -0.2) is 48.7 Å². The van der Waals surface area contributed by atoms with Crippen LogP contribution in [0.1, 0.15) is 0 Å². The Morgan fingerprint density at radius 1 is 1.15 bits per heavy atom. The molecular formula is C19H21ClFN3OS2. The van der Waals surface area contributed by atoms with Gasteiger partial charge in [-0.05, 0) is 44.4 Å². The Morgan fingerprint density at radius 2 is 1.89 bits per heavy atom. The Kier molecular flexibility index (Phi) is 8.04. The molecule has 0 aliphatic carbocycles. The van der Waals surface area contributed by atoms with Gasteiger partial charge < -0.3 is 4.90 Å². The van der Waals surface area contributed by atoms with E-state index in [1.165, 1.54) is 35.2 Å². The van der Waals surface area contributed by atoms with Gasteiger partial charge >= 0.3 is 0 Å². The third kappa shape index (κ3) is 5.90. The van der Waals surface area contributed by atoms with Crippen LogP contribution in [0.5, 0.6) is 0 Å². The summed E-state index contributed by atoms with van der Waals surface area (Å²) >= 11 is 2.85. The third-order valence-electron chi connectivity index (χ3n) is 3.75. The van der Waals surface area contributed by atoms with Crippen LogP contribution in [0.15, 0.2) is 53.4 Å². The maximum absolute atomic E-state index is 13.5. The third-order valence-corrected chi connectivity index (χ3v) is 5.79. The van der Waals surface area contributed by atoms with E-state index in [0.29, 0.717) is 22.9 Å². The van der Waals surface area contributed by atoms with Gasteiger partial charge in [0.05, 0.1) is 16.0 Å². The summed E-state index contributed by atoms with van der Waals surface area (Å²) in [6.07, 6.45) is 0. The molecule has 1 aromatic heterocycles. The molecule has 144 valence electrons. The molecule has 2 aromatic carbocycles. The first kappa shape index (κ1) is 21.6.